The Balaban J connectivity index is 2.60. The minimum atomic E-state index is -1.25. The van der Waals surface area contributed by atoms with Crippen molar-refractivity contribution in [3.63, 3.8) is 0 Å². The van der Waals surface area contributed by atoms with Gasteiger partial charge < -0.3 is 10.2 Å². The Labute approximate surface area is 149 Å². The topological polar surface area (TPSA) is 74.6 Å². The number of aliphatic carboxylic acids is 2. The highest BCUT2D eigenvalue weighted by atomic mass is 35.5. The molecule has 0 saturated carbocycles. The first kappa shape index (κ1) is 18.3. The van der Waals surface area contributed by atoms with Gasteiger partial charge in [0.2, 0.25) is 0 Å². The molecule has 6 heteroatoms. The fraction of sp³-hybridized carbons (Fsp3) is 0.222. The van der Waals surface area contributed by atoms with Crippen LogP contribution in [0.25, 0.3) is 0 Å². The van der Waals surface area contributed by atoms with E-state index in [0.29, 0.717) is 16.7 Å². The first-order valence-corrected chi connectivity index (χ1v) is 8.30. The fourth-order valence-corrected chi connectivity index (χ4v) is 3.17. The molecule has 0 aliphatic carbocycles. The zero-order chi connectivity index (χ0) is 17.7. The molecule has 24 heavy (non-hydrogen) atoms. The molecule has 2 atom stereocenters. The summed E-state index contributed by atoms with van der Waals surface area (Å²) in [5.74, 6) is -4.59. The summed E-state index contributed by atoms with van der Waals surface area (Å²) in [6.45, 7) is 0. The van der Waals surface area contributed by atoms with Crippen molar-refractivity contribution in [2.75, 3.05) is 0 Å². The minimum Gasteiger partial charge on any atom is -0.481 e. The highest BCUT2D eigenvalue weighted by Gasteiger charge is 2.37. The number of hydrogen-bond donors (Lipinski definition) is 2. The van der Waals surface area contributed by atoms with Gasteiger partial charge in [0.1, 0.15) is 0 Å². The first-order valence-electron chi connectivity index (χ1n) is 7.23. The molecule has 2 aromatic carbocycles. The lowest BCUT2D eigenvalue weighted by Crippen LogP contribution is -2.27. The van der Waals surface area contributed by atoms with Gasteiger partial charge in [-0.3, -0.25) is 9.59 Å². The summed E-state index contributed by atoms with van der Waals surface area (Å²) in [5.41, 5.74) is 2.14. The molecule has 2 rings (SSSR count). The predicted molar refractivity (Wildman–Crippen MR) is 92.8 cm³/mol. The molecule has 0 amide bonds. The van der Waals surface area contributed by atoms with Crippen molar-refractivity contribution in [1.82, 2.24) is 0 Å². The highest BCUT2D eigenvalue weighted by Crippen LogP contribution is 2.36. The Morgan fingerprint density at radius 3 is 2.12 bits per heavy atom. The second kappa shape index (κ2) is 8.18. The largest absolute Gasteiger partial charge is 0.481 e. The van der Waals surface area contributed by atoms with Gasteiger partial charge in [-0.25, -0.2) is 0 Å². The van der Waals surface area contributed by atoms with Crippen molar-refractivity contribution in [3.8, 4) is 0 Å². The quantitative estimate of drug-likeness (QED) is 0.720. The van der Waals surface area contributed by atoms with Crippen LogP contribution in [-0.2, 0) is 21.3 Å². The van der Waals surface area contributed by atoms with E-state index >= 15 is 0 Å². The van der Waals surface area contributed by atoms with Crippen molar-refractivity contribution in [2.24, 2.45) is 0 Å². The Kier molecular flexibility index (Phi) is 6.23. The van der Waals surface area contributed by atoms with Crippen LogP contribution in [0.5, 0.6) is 0 Å². The Bertz CT molecular complexity index is 745. The maximum absolute atomic E-state index is 11.9. The number of carbonyl (C=O) groups is 2. The fourth-order valence-electron chi connectivity index (χ4n) is 2.76. The molecule has 4 nitrogen and oxygen atoms in total. The van der Waals surface area contributed by atoms with Crippen LogP contribution in [0.1, 0.15) is 34.1 Å². The molecule has 0 aliphatic rings. The Morgan fingerprint density at radius 1 is 0.875 bits per heavy atom. The summed E-state index contributed by atoms with van der Waals surface area (Å²) in [4.78, 5) is 23.8. The lowest BCUT2D eigenvalue weighted by molar-refractivity contribution is -0.147. The van der Waals surface area contributed by atoms with Gasteiger partial charge in [-0.1, -0.05) is 48.5 Å². The minimum absolute atomic E-state index is 0.105. The van der Waals surface area contributed by atoms with E-state index in [4.69, 9.17) is 23.2 Å². The maximum Gasteiger partial charge on any atom is 0.312 e. The van der Waals surface area contributed by atoms with Crippen LogP contribution in [0.3, 0.4) is 0 Å². The lowest BCUT2D eigenvalue weighted by atomic mass is 9.79. The van der Waals surface area contributed by atoms with Gasteiger partial charge in [0.05, 0.1) is 11.8 Å². The van der Waals surface area contributed by atoms with E-state index in [1.165, 1.54) is 0 Å². The molecular formula is C18H16Cl2O4. The zero-order valence-electron chi connectivity index (χ0n) is 12.7. The summed E-state index contributed by atoms with van der Waals surface area (Å²) < 4.78 is 0. The van der Waals surface area contributed by atoms with Gasteiger partial charge in [-0.05, 0) is 22.3 Å². The normalized spacial score (nSPS) is 13.2. The molecule has 0 bridgehead atoms. The third-order valence-corrected chi connectivity index (χ3v) is 4.46. The maximum atomic E-state index is 11.9. The van der Waals surface area contributed by atoms with Gasteiger partial charge in [0, 0.05) is 11.8 Å². The third kappa shape index (κ3) is 3.89. The van der Waals surface area contributed by atoms with Gasteiger partial charge in [0.15, 0.2) is 0 Å². The molecule has 2 N–H and O–H groups in total. The molecule has 2 aromatic rings. The number of hydrogen-bond acceptors (Lipinski definition) is 2. The molecular weight excluding hydrogens is 351 g/mol. The van der Waals surface area contributed by atoms with E-state index < -0.39 is 23.8 Å². The number of benzene rings is 2. The second-order valence-electron chi connectivity index (χ2n) is 5.34. The molecule has 0 saturated heterocycles. The SMILES string of the molecule is O=C(O)C(c1cccc(CCl)c1)C(C(=O)O)c1ccccc1CCl. The second-order valence-corrected chi connectivity index (χ2v) is 5.88. The van der Waals surface area contributed by atoms with Gasteiger partial charge in [-0.15, -0.1) is 23.2 Å². The van der Waals surface area contributed by atoms with E-state index in [2.05, 4.69) is 0 Å². The zero-order valence-corrected chi connectivity index (χ0v) is 14.2. The molecule has 126 valence electrons. The molecule has 0 aliphatic heterocycles. The molecule has 0 fully saturated rings. The van der Waals surface area contributed by atoms with Crippen LogP contribution in [0.4, 0.5) is 0 Å². The Hall–Kier alpha value is -2.04. The molecule has 0 heterocycles. The smallest absolute Gasteiger partial charge is 0.312 e. The van der Waals surface area contributed by atoms with E-state index in [1.54, 1.807) is 48.5 Å². The van der Waals surface area contributed by atoms with Crippen LogP contribution in [0, 0.1) is 0 Å². The summed E-state index contributed by atoms with van der Waals surface area (Å²) in [6.07, 6.45) is 0. The van der Waals surface area contributed by atoms with E-state index in [1.807, 2.05) is 0 Å². The van der Waals surface area contributed by atoms with E-state index in [-0.39, 0.29) is 11.8 Å². The monoisotopic (exact) mass is 366 g/mol. The van der Waals surface area contributed by atoms with Crippen LogP contribution in [0.15, 0.2) is 48.5 Å². The van der Waals surface area contributed by atoms with Gasteiger partial charge >= 0.3 is 11.9 Å². The average Bonchev–Trinajstić information content (AvgIpc) is 2.58. The lowest BCUT2D eigenvalue weighted by Gasteiger charge is -2.23. The Morgan fingerprint density at radius 2 is 1.54 bits per heavy atom. The van der Waals surface area contributed by atoms with Crippen LogP contribution in [0.2, 0.25) is 0 Å². The number of halogens is 2. The average molecular weight is 367 g/mol. The number of carboxylic acid groups (broad SMARTS) is 2. The van der Waals surface area contributed by atoms with E-state index in [0.717, 1.165) is 5.56 Å². The summed E-state index contributed by atoms with van der Waals surface area (Å²) >= 11 is 11.7. The number of alkyl halides is 2. The summed E-state index contributed by atoms with van der Waals surface area (Å²) in [7, 11) is 0. The summed E-state index contributed by atoms with van der Waals surface area (Å²) in [6, 6.07) is 13.4. The van der Waals surface area contributed by atoms with Crippen molar-refractivity contribution in [1.29, 1.82) is 0 Å². The molecule has 0 aromatic heterocycles. The first-order chi connectivity index (χ1) is 11.5. The number of carboxylic acids is 2. The summed E-state index contributed by atoms with van der Waals surface area (Å²) in [5, 5.41) is 19.4. The van der Waals surface area contributed by atoms with Crippen LogP contribution in [-0.4, -0.2) is 22.2 Å². The van der Waals surface area contributed by atoms with Crippen LogP contribution < -0.4 is 0 Å². The van der Waals surface area contributed by atoms with Crippen molar-refractivity contribution in [2.45, 2.75) is 23.6 Å². The van der Waals surface area contributed by atoms with Crippen molar-refractivity contribution >= 4 is 35.1 Å². The van der Waals surface area contributed by atoms with Crippen LogP contribution >= 0.6 is 23.2 Å². The standard InChI is InChI=1S/C18H16Cl2O4/c19-9-11-4-3-6-12(8-11)15(17(21)22)16(18(23)24)14-7-2-1-5-13(14)10-20/h1-8,15-16H,9-10H2,(H,21,22)(H,23,24). The van der Waals surface area contributed by atoms with E-state index in [9.17, 15) is 19.8 Å². The number of rotatable bonds is 7. The van der Waals surface area contributed by atoms with Crippen molar-refractivity contribution in [3.05, 3.63) is 70.8 Å². The molecule has 2 unspecified atom stereocenters. The van der Waals surface area contributed by atoms with Crippen molar-refractivity contribution < 1.29 is 19.8 Å². The van der Waals surface area contributed by atoms with Gasteiger partial charge in [0.25, 0.3) is 0 Å². The molecule has 0 spiro atoms. The third-order valence-electron chi connectivity index (χ3n) is 3.86. The predicted octanol–water partition coefficient (Wildman–Crippen LogP) is 4.20. The molecule has 0 radical (unpaired) electrons. The van der Waals surface area contributed by atoms with Gasteiger partial charge in [-0.2, -0.15) is 0 Å². The highest BCUT2D eigenvalue weighted by molar-refractivity contribution is 6.17.